The van der Waals surface area contributed by atoms with Crippen molar-refractivity contribution in [3.05, 3.63) is 29.3 Å². The molecule has 0 aromatic heterocycles. The number of hydrogen-bond donors (Lipinski definition) is 1. The second-order valence-corrected chi connectivity index (χ2v) is 4.46. The Labute approximate surface area is 90.6 Å². The summed E-state index contributed by atoms with van der Waals surface area (Å²) in [7, 11) is 0. The van der Waals surface area contributed by atoms with Crippen LogP contribution in [0.5, 0.6) is 0 Å². The number of benzene rings is 1. The van der Waals surface area contributed by atoms with Crippen LogP contribution < -0.4 is 5.32 Å². The zero-order chi connectivity index (χ0) is 10.3. The minimum absolute atomic E-state index is 0.584. The number of hydrogen-bond acceptors (Lipinski definition) is 2. The molecule has 15 heavy (non-hydrogen) atoms. The molecule has 2 aliphatic heterocycles. The van der Waals surface area contributed by atoms with Crippen molar-refractivity contribution < 1.29 is 4.74 Å². The first-order valence-corrected chi connectivity index (χ1v) is 5.86. The topological polar surface area (TPSA) is 21.3 Å². The Morgan fingerprint density at radius 3 is 3.27 bits per heavy atom. The quantitative estimate of drug-likeness (QED) is 0.757. The van der Waals surface area contributed by atoms with Gasteiger partial charge in [0.15, 0.2) is 0 Å². The summed E-state index contributed by atoms with van der Waals surface area (Å²) < 4.78 is 5.57. The Kier molecular flexibility index (Phi) is 2.17. The Bertz CT molecular complexity index is 375. The second kappa shape index (κ2) is 3.53. The van der Waals surface area contributed by atoms with Crippen molar-refractivity contribution in [2.45, 2.75) is 31.7 Å². The van der Waals surface area contributed by atoms with E-state index < -0.39 is 0 Å². The van der Waals surface area contributed by atoms with Crippen LogP contribution in [0.15, 0.2) is 18.2 Å². The maximum atomic E-state index is 5.57. The first-order valence-electron chi connectivity index (χ1n) is 5.86. The van der Waals surface area contributed by atoms with E-state index in [1.807, 2.05) is 0 Å². The normalized spacial score (nSPS) is 28.1. The summed E-state index contributed by atoms with van der Waals surface area (Å²) in [5, 5.41) is 3.68. The third-order valence-corrected chi connectivity index (χ3v) is 3.65. The van der Waals surface area contributed by atoms with Gasteiger partial charge in [-0.25, -0.2) is 0 Å². The van der Waals surface area contributed by atoms with Gasteiger partial charge in [-0.05, 0) is 24.0 Å². The number of aryl methyl sites for hydroxylation is 1. The van der Waals surface area contributed by atoms with Crippen LogP contribution in [0.25, 0.3) is 0 Å². The van der Waals surface area contributed by atoms with Crippen molar-refractivity contribution in [1.29, 1.82) is 0 Å². The van der Waals surface area contributed by atoms with Gasteiger partial charge >= 0.3 is 0 Å². The molecule has 1 N–H and O–H groups in total. The van der Waals surface area contributed by atoms with Gasteiger partial charge in [0, 0.05) is 24.3 Å². The van der Waals surface area contributed by atoms with E-state index in [1.165, 1.54) is 16.8 Å². The summed E-state index contributed by atoms with van der Waals surface area (Å²) in [6.07, 6.45) is 2.25. The van der Waals surface area contributed by atoms with Crippen LogP contribution in [-0.4, -0.2) is 19.3 Å². The van der Waals surface area contributed by atoms with Gasteiger partial charge in [0.2, 0.25) is 0 Å². The predicted octanol–water partition coefficient (Wildman–Crippen LogP) is 2.55. The molecule has 0 bridgehead atoms. The lowest BCUT2D eigenvalue weighted by molar-refractivity contribution is 0.0769. The first-order chi connectivity index (χ1) is 7.40. The molecule has 2 unspecified atom stereocenters. The summed E-state index contributed by atoms with van der Waals surface area (Å²) in [6, 6.07) is 7.27. The molecular weight excluding hydrogens is 186 g/mol. The van der Waals surface area contributed by atoms with Crippen molar-refractivity contribution in [2.75, 3.05) is 18.5 Å². The van der Waals surface area contributed by atoms with Gasteiger partial charge in [-0.15, -0.1) is 0 Å². The highest BCUT2D eigenvalue weighted by molar-refractivity contribution is 5.64. The second-order valence-electron chi connectivity index (χ2n) is 4.46. The molecule has 0 amide bonds. The molecule has 0 saturated carbocycles. The zero-order valence-electron chi connectivity index (χ0n) is 9.12. The highest BCUT2D eigenvalue weighted by Crippen LogP contribution is 2.41. The third kappa shape index (κ3) is 1.36. The average molecular weight is 203 g/mol. The van der Waals surface area contributed by atoms with E-state index in [0.29, 0.717) is 12.0 Å². The van der Waals surface area contributed by atoms with Crippen LogP contribution in [-0.2, 0) is 11.2 Å². The van der Waals surface area contributed by atoms with Gasteiger partial charge in [-0.3, -0.25) is 0 Å². The van der Waals surface area contributed by atoms with Gasteiger partial charge in [-0.1, -0.05) is 25.1 Å². The van der Waals surface area contributed by atoms with Crippen LogP contribution in [0.1, 0.15) is 30.4 Å². The lowest BCUT2D eigenvalue weighted by Gasteiger charge is -2.25. The van der Waals surface area contributed by atoms with Crippen LogP contribution in [0.3, 0.4) is 0 Å². The minimum atomic E-state index is 0.584. The summed E-state index contributed by atoms with van der Waals surface area (Å²) in [4.78, 5) is 0. The Balaban J connectivity index is 2.03. The van der Waals surface area contributed by atoms with Crippen molar-refractivity contribution in [3.8, 4) is 0 Å². The summed E-state index contributed by atoms with van der Waals surface area (Å²) >= 11 is 0. The lowest BCUT2D eigenvalue weighted by Crippen LogP contribution is -2.30. The summed E-state index contributed by atoms with van der Waals surface area (Å²) in [5.74, 6) is 0.584. The van der Waals surface area contributed by atoms with E-state index in [4.69, 9.17) is 4.74 Å². The molecule has 1 aromatic carbocycles. The van der Waals surface area contributed by atoms with E-state index >= 15 is 0 Å². The monoisotopic (exact) mass is 203 g/mol. The molecule has 0 radical (unpaired) electrons. The number of fused-ring (bicyclic) bond motifs is 3. The molecule has 80 valence electrons. The molecular formula is C13H17NO. The first kappa shape index (κ1) is 9.22. The van der Waals surface area contributed by atoms with Crippen molar-refractivity contribution in [2.24, 2.45) is 0 Å². The van der Waals surface area contributed by atoms with E-state index in [2.05, 4.69) is 30.4 Å². The molecule has 2 heteroatoms. The number of ether oxygens (including phenoxy) is 1. The SMILES string of the molecule is CCc1cccc2c1NC1CCOCC21. The molecule has 2 aliphatic rings. The Hall–Kier alpha value is -1.02. The number of rotatable bonds is 1. The Morgan fingerprint density at radius 2 is 2.40 bits per heavy atom. The van der Waals surface area contributed by atoms with E-state index in [0.717, 1.165) is 26.1 Å². The number of nitrogens with one attached hydrogen (secondary N) is 1. The highest BCUT2D eigenvalue weighted by Gasteiger charge is 2.35. The Morgan fingerprint density at radius 1 is 1.47 bits per heavy atom. The molecule has 1 saturated heterocycles. The van der Waals surface area contributed by atoms with Crippen LogP contribution in [0, 0.1) is 0 Å². The van der Waals surface area contributed by atoms with Gasteiger partial charge < -0.3 is 10.1 Å². The maximum absolute atomic E-state index is 5.57. The van der Waals surface area contributed by atoms with Gasteiger partial charge in [0.25, 0.3) is 0 Å². The fourth-order valence-corrected chi connectivity index (χ4v) is 2.80. The third-order valence-electron chi connectivity index (χ3n) is 3.65. The molecule has 2 nitrogen and oxygen atoms in total. The van der Waals surface area contributed by atoms with Gasteiger partial charge in [-0.2, -0.15) is 0 Å². The van der Waals surface area contributed by atoms with Crippen molar-refractivity contribution >= 4 is 5.69 Å². The highest BCUT2D eigenvalue weighted by atomic mass is 16.5. The lowest BCUT2D eigenvalue weighted by atomic mass is 9.91. The maximum Gasteiger partial charge on any atom is 0.0555 e. The van der Waals surface area contributed by atoms with Crippen LogP contribution in [0.4, 0.5) is 5.69 Å². The average Bonchev–Trinajstić information content (AvgIpc) is 2.67. The predicted molar refractivity (Wildman–Crippen MR) is 61.4 cm³/mol. The molecule has 1 aromatic rings. The smallest absolute Gasteiger partial charge is 0.0555 e. The van der Waals surface area contributed by atoms with Crippen LogP contribution in [0.2, 0.25) is 0 Å². The standard InChI is InChI=1S/C13H17NO/c1-2-9-4-3-5-10-11-8-15-7-6-12(11)14-13(9)10/h3-5,11-12,14H,2,6-8H2,1H3. The molecule has 2 atom stereocenters. The fourth-order valence-electron chi connectivity index (χ4n) is 2.80. The summed E-state index contributed by atoms with van der Waals surface area (Å²) in [5.41, 5.74) is 4.31. The van der Waals surface area contributed by atoms with Crippen molar-refractivity contribution in [3.63, 3.8) is 0 Å². The van der Waals surface area contributed by atoms with E-state index in [1.54, 1.807) is 0 Å². The fraction of sp³-hybridized carbons (Fsp3) is 0.538. The molecule has 2 heterocycles. The molecule has 3 rings (SSSR count). The number of anilines is 1. The largest absolute Gasteiger partial charge is 0.381 e. The van der Waals surface area contributed by atoms with Crippen LogP contribution >= 0.6 is 0 Å². The van der Waals surface area contributed by atoms with E-state index in [9.17, 15) is 0 Å². The zero-order valence-corrected chi connectivity index (χ0v) is 9.12. The van der Waals surface area contributed by atoms with E-state index in [-0.39, 0.29) is 0 Å². The number of para-hydroxylation sites is 1. The molecule has 0 spiro atoms. The summed E-state index contributed by atoms with van der Waals surface area (Å²) in [6.45, 7) is 4.01. The van der Waals surface area contributed by atoms with Gasteiger partial charge in [0.05, 0.1) is 6.61 Å². The minimum Gasteiger partial charge on any atom is -0.381 e. The van der Waals surface area contributed by atoms with Gasteiger partial charge in [0.1, 0.15) is 0 Å². The molecule has 1 fully saturated rings. The molecule has 0 aliphatic carbocycles. The van der Waals surface area contributed by atoms with Crippen molar-refractivity contribution in [1.82, 2.24) is 0 Å².